The van der Waals surface area contributed by atoms with Crippen LogP contribution in [0.25, 0.3) is 0 Å². The van der Waals surface area contributed by atoms with Gasteiger partial charge in [-0.25, -0.2) is 9.97 Å². The average Bonchev–Trinajstić information content (AvgIpc) is 3.06. The van der Waals surface area contributed by atoms with Gasteiger partial charge in [0.15, 0.2) is 0 Å². The van der Waals surface area contributed by atoms with E-state index in [-0.39, 0.29) is 0 Å². The molecule has 3 heterocycles. The first-order valence-electron chi connectivity index (χ1n) is 7.78. The standard InChI is InChI=1S/C16H23N3O/c1-9-10(2)17-16(18-11(9)3)19-5-12-4-13-7-20-8-15(13)14(12)6-19/h12-15H,4-8H2,1-3H3/t12-,13+,14+,15-/m0/s1. The largest absolute Gasteiger partial charge is 0.381 e. The molecule has 3 aliphatic rings. The Balaban J connectivity index is 1.57. The number of nitrogens with zero attached hydrogens (tertiary/aromatic N) is 3. The topological polar surface area (TPSA) is 38.2 Å². The van der Waals surface area contributed by atoms with Gasteiger partial charge in [-0.1, -0.05) is 0 Å². The Morgan fingerprint density at radius 2 is 1.70 bits per heavy atom. The van der Waals surface area contributed by atoms with Gasteiger partial charge in [-0.15, -0.1) is 0 Å². The third-order valence-electron chi connectivity index (χ3n) is 5.80. The number of rotatable bonds is 1. The van der Waals surface area contributed by atoms with E-state index < -0.39 is 0 Å². The maximum Gasteiger partial charge on any atom is 0.225 e. The highest BCUT2D eigenvalue weighted by molar-refractivity contribution is 5.38. The zero-order chi connectivity index (χ0) is 13.9. The summed E-state index contributed by atoms with van der Waals surface area (Å²) in [5, 5.41) is 0. The maximum absolute atomic E-state index is 5.66. The van der Waals surface area contributed by atoms with Crippen molar-refractivity contribution >= 4 is 5.95 Å². The van der Waals surface area contributed by atoms with Gasteiger partial charge in [0.2, 0.25) is 5.95 Å². The molecule has 0 N–H and O–H groups in total. The van der Waals surface area contributed by atoms with Crippen LogP contribution >= 0.6 is 0 Å². The quantitative estimate of drug-likeness (QED) is 0.785. The Kier molecular flexibility index (Phi) is 2.78. The third kappa shape index (κ3) is 1.77. The van der Waals surface area contributed by atoms with Crippen molar-refractivity contribution in [2.45, 2.75) is 27.2 Å². The first-order valence-corrected chi connectivity index (χ1v) is 7.78. The third-order valence-corrected chi connectivity index (χ3v) is 5.80. The van der Waals surface area contributed by atoms with E-state index in [0.717, 1.165) is 67.3 Å². The molecule has 0 aromatic carbocycles. The fourth-order valence-electron chi connectivity index (χ4n) is 4.41. The summed E-state index contributed by atoms with van der Waals surface area (Å²) in [4.78, 5) is 11.8. The number of fused-ring (bicyclic) bond motifs is 3. The van der Waals surface area contributed by atoms with Gasteiger partial charge in [0.1, 0.15) is 0 Å². The molecule has 4 nitrogen and oxygen atoms in total. The fraction of sp³-hybridized carbons (Fsp3) is 0.750. The Morgan fingerprint density at radius 3 is 2.45 bits per heavy atom. The zero-order valence-corrected chi connectivity index (χ0v) is 12.6. The van der Waals surface area contributed by atoms with Gasteiger partial charge in [0.25, 0.3) is 0 Å². The van der Waals surface area contributed by atoms with Crippen LogP contribution in [0.3, 0.4) is 0 Å². The van der Waals surface area contributed by atoms with Crippen LogP contribution in [0.5, 0.6) is 0 Å². The zero-order valence-electron chi connectivity index (χ0n) is 12.6. The van der Waals surface area contributed by atoms with Crippen LogP contribution in [0.2, 0.25) is 0 Å². The van der Waals surface area contributed by atoms with E-state index in [1.54, 1.807) is 0 Å². The minimum absolute atomic E-state index is 0.789. The fourth-order valence-corrected chi connectivity index (χ4v) is 4.41. The van der Waals surface area contributed by atoms with Gasteiger partial charge in [-0.3, -0.25) is 0 Å². The van der Waals surface area contributed by atoms with Crippen LogP contribution in [-0.4, -0.2) is 36.3 Å². The van der Waals surface area contributed by atoms with Gasteiger partial charge < -0.3 is 9.64 Å². The van der Waals surface area contributed by atoms with E-state index in [4.69, 9.17) is 14.7 Å². The Labute approximate surface area is 120 Å². The lowest BCUT2D eigenvalue weighted by molar-refractivity contribution is 0.158. The lowest BCUT2D eigenvalue weighted by Crippen LogP contribution is -2.27. The molecule has 3 fully saturated rings. The lowest BCUT2D eigenvalue weighted by Gasteiger charge is -2.21. The van der Waals surface area contributed by atoms with Gasteiger partial charge in [0, 0.05) is 31.1 Å². The summed E-state index contributed by atoms with van der Waals surface area (Å²) in [5.74, 6) is 4.19. The summed E-state index contributed by atoms with van der Waals surface area (Å²) in [5.41, 5.74) is 3.45. The number of aromatic nitrogens is 2. The second kappa shape index (κ2) is 4.42. The number of ether oxygens (including phenoxy) is 1. The first-order chi connectivity index (χ1) is 9.63. The molecular formula is C16H23N3O. The monoisotopic (exact) mass is 273 g/mol. The maximum atomic E-state index is 5.66. The number of anilines is 1. The summed E-state index contributed by atoms with van der Waals surface area (Å²) < 4.78 is 5.66. The van der Waals surface area contributed by atoms with Crippen molar-refractivity contribution in [3.63, 3.8) is 0 Å². The lowest BCUT2D eigenvalue weighted by atomic mass is 9.91. The average molecular weight is 273 g/mol. The molecule has 0 unspecified atom stereocenters. The van der Waals surface area contributed by atoms with Crippen LogP contribution in [-0.2, 0) is 4.74 Å². The summed E-state index contributed by atoms with van der Waals surface area (Å²) >= 11 is 0. The van der Waals surface area contributed by atoms with Crippen LogP contribution in [0.4, 0.5) is 5.95 Å². The highest BCUT2D eigenvalue weighted by Crippen LogP contribution is 2.49. The van der Waals surface area contributed by atoms with E-state index >= 15 is 0 Å². The number of aryl methyl sites for hydroxylation is 2. The molecule has 0 bridgehead atoms. The van der Waals surface area contributed by atoms with Crippen molar-refractivity contribution in [1.82, 2.24) is 9.97 Å². The highest BCUT2D eigenvalue weighted by atomic mass is 16.5. The minimum atomic E-state index is 0.789. The second-order valence-corrected chi connectivity index (χ2v) is 6.85. The second-order valence-electron chi connectivity index (χ2n) is 6.85. The highest BCUT2D eigenvalue weighted by Gasteiger charge is 2.50. The van der Waals surface area contributed by atoms with E-state index in [1.807, 2.05) is 0 Å². The predicted octanol–water partition coefficient (Wildman–Crippen LogP) is 2.12. The first kappa shape index (κ1) is 12.6. The molecule has 1 aromatic heterocycles. The molecule has 4 atom stereocenters. The molecule has 108 valence electrons. The van der Waals surface area contributed by atoms with Gasteiger partial charge in [-0.05, 0) is 56.4 Å². The molecule has 1 aliphatic carbocycles. The van der Waals surface area contributed by atoms with Gasteiger partial charge in [-0.2, -0.15) is 0 Å². The number of hydrogen-bond acceptors (Lipinski definition) is 4. The van der Waals surface area contributed by atoms with Crippen molar-refractivity contribution in [3.8, 4) is 0 Å². The van der Waals surface area contributed by atoms with Crippen LogP contribution < -0.4 is 4.90 Å². The molecule has 0 spiro atoms. The normalized spacial score (nSPS) is 35.5. The molecule has 0 amide bonds. The summed E-state index contributed by atoms with van der Waals surface area (Å²) in [6.07, 6.45) is 1.34. The summed E-state index contributed by atoms with van der Waals surface area (Å²) in [6, 6.07) is 0. The smallest absolute Gasteiger partial charge is 0.225 e. The molecule has 20 heavy (non-hydrogen) atoms. The molecule has 4 heteroatoms. The van der Waals surface area contributed by atoms with Crippen LogP contribution in [0, 0.1) is 44.4 Å². The molecule has 1 saturated carbocycles. The van der Waals surface area contributed by atoms with E-state index in [2.05, 4.69) is 25.7 Å². The van der Waals surface area contributed by atoms with Crippen molar-refractivity contribution in [2.24, 2.45) is 23.7 Å². The van der Waals surface area contributed by atoms with Crippen LogP contribution in [0.15, 0.2) is 0 Å². The molecule has 4 rings (SSSR count). The predicted molar refractivity (Wildman–Crippen MR) is 77.9 cm³/mol. The number of hydrogen-bond donors (Lipinski definition) is 0. The molecule has 0 radical (unpaired) electrons. The SMILES string of the molecule is Cc1nc(N2C[C@@H]3C[C@@H]4COC[C@@H]4[C@@H]3C2)nc(C)c1C. The van der Waals surface area contributed by atoms with Crippen molar-refractivity contribution in [2.75, 3.05) is 31.2 Å². The minimum Gasteiger partial charge on any atom is -0.381 e. The molecule has 2 saturated heterocycles. The van der Waals surface area contributed by atoms with Gasteiger partial charge >= 0.3 is 0 Å². The Hall–Kier alpha value is -1.16. The van der Waals surface area contributed by atoms with E-state index in [1.165, 1.54) is 12.0 Å². The molecule has 2 aliphatic heterocycles. The van der Waals surface area contributed by atoms with Crippen LogP contribution in [0.1, 0.15) is 23.4 Å². The van der Waals surface area contributed by atoms with Crippen molar-refractivity contribution in [3.05, 3.63) is 17.0 Å². The molecular weight excluding hydrogens is 250 g/mol. The summed E-state index contributed by atoms with van der Waals surface area (Å²) in [7, 11) is 0. The Morgan fingerprint density at radius 1 is 0.950 bits per heavy atom. The van der Waals surface area contributed by atoms with E-state index in [9.17, 15) is 0 Å². The summed E-state index contributed by atoms with van der Waals surface area (Å²) in [6.45, 7) is 10.5. The van der Waals surface area contributed by atoms with Crippen molar-refractivity contribution < 1.29 is 4.74 Å². The Bertz CT molecular complexity index is 522. The van der Waals surface area contributed by atoms with Gasteiger partial charge in [0.05, 0.1) is 6.61 Å². The molecule has 1 aromatic rings. The van der Waals surface area contributed by atoms with Crippen molar-refractivity contribution in [1.29, 1.82) is 0 Å². The van der Waals surface area contributed by atoms with E-state index in [0.29, 0.717) is 0 Å².